The van der Waals surface area contributed by atoms with Crippen molar-refractivity contribution in [2.75, 3.05) is 0 Å². The second kappa shape index (κ2) is 7.82. The Morgan fingerprint density at radius 3 is 2.29 bits per heavy atom. The van der Waals surface area contributed by atoms with E-state index < -0.39 is 5.92 Å². The van der Waals surface area contributed by atoms with Crippen molar-refractivity contribution in [2.24, 2.45) is 5.92 Å². The van der Waals surface area contributed by atoms with E-state index in [0.29, 0.717) is 15.6 Å². The zero-order valence-corrected chi connectivity index (χ0v) is 13.5. The Morgan fingerprint density at radius 2 is 1.71 bits per heavy atom. The van der Waals surface area contributed by atoms with E-state index in [1.54, 1.807) is 18.2 Å². The topological polar surface area (TPSA) is 40.9 Å². The maximum atomic E-state index is 12.7. The number of halogens is 2. The van der Waals surface area contributed by atoms with Gasteiger partial charge in [0.2, 0.25) is 0 Å². The summed E-state index contributed by atoms with van der Waals surface area (Å²) in [6.45, 7) is 0. The lowest BCUT2D eigenvalue weighted by Gasteiger charge is -2.21. The second-order valence-electron chi connectivity index (χ2n) is 5.68. The van der Waals surface area contributed by atoms with Crippen LogP contribution in [0.1, 0.15) is 56.4 Å². The van der Waals surface area contributed by atoms with E-state index in [1.165, 1.54) is 19.3 Å². The summed E-state index contributed by atoms with van der Waals surface area (Å²) in [5, 5.41) is 10.2. The van der Waals surface area contributed by atoms with Gasteiger partial charge in [-0.3, -0.25) is 4.79 Å². The molecule has 0 saturated heterocycles. The van der Waals surface area contributed by atoms with Gasteiger partial charge in [-0.2, -0.15) is 5.26 Å². The van der Waals surface area contributed by atoms with Crippen molar-refractivity contribution in [3.8, 4) is 6.07 Å². The van der Waals surface area contributed by atoms with Gasteiger partial charge < -0.3 is 0 Å². The van der Waals surface area contributed by atoms with E-state index in [4.69, 9.17) is 23.2 Å². The standard InChI is InChI=1S/C17H19Cl2NO/c18-15-9-8-13(10-16(15)19)14(11-20)17(21)12-6-4-2-1-3-5-7-12/h8-10,12,14H,1-7H2. The number of benzene rings is 1. The molecule has 112 valence electrons. The first-order valence-corrected chi connectivity index (χ1v) is 8.27. The molecular formula is C17H19Cl2NO. The molecule has 1 aliphatic rings. The second-order valence-corrected chi connectivity index (χ2v) is 6.49. The van der Waals surface area contributed by atoms with Gasteiger partial charge >= 0.3 is 0 Å². The van der Waals surface area contributed by atoms with Gasteiger partial charge in [0.1, 0.15) is 5.92 Å². The number of ketones is 1. The minimum Gasteiger partial charge on any atom is -0.298 e. The average Bonchev–Trinajstić information content (AvgIpc) is 2.43. The van der Waals surface area contributed by atoms with Crippen LogP contribution in [0.25, 0.3) is 0 Å². The number of rotatable bonds is 3. The number of nitriles is 1. The summed E-state index contributed by atoms with van der Waals surface area (Å²) in [4.78, 5) is 12.7. The maximum absolute atomic E-state index is 12.7. The molecule has 0 N–H and O–H groups in total. The maximum Gasteiger partial charge on any atom is 0.157 e. The van der Waals surface area contributed by atoms with Crippen molar-refractivity contribution in [2.45, 2.75) is 50.9 Å². The molecule has 1 saturated carbocycles. The molecule has 21 heavy (non-hydrogen) atoms. The van der Waals surface area contributed by atoms with Crippen molar-refractivity contribution in [3.63, 3.8) is 0 Å². The Bertz CT molecular complexity index is 542. The number of carbonyl (C=O) groups is 1. The lowest BCUT2D eigenvalue weighted by molar-refractivity contribution is -0.123. The van der Waals surface area contributed by atoms with Gasteiger partial charge in [-0.25, -0.2) is 0 Å². The minimum absolute atomic E-state index is 0.00408. The lowest BCUT2D eigenvalue weighted by Crippen LogP contribution is -2.22. The van der Waals surface area contributed by atoms with Crippen LogP contribution in [0, 0.1) is 17.2 Å². The summed E-state index contributed by atoms with van der Waals surface area (Å²) in [6.07, 6.45) is 7.60. The summed E-state index contributed by atoms with van der Waals surface area (Å²) >= 11 is 11.9. The van der Waals surface area contributed by atoms with Crippen LogP contribution in [-0.2, 0) is 4.79 Å². The van der Waals surface area contributed by atoms with Gasteiger partial charge in [-0.15, -0.1) is 0 Å². The van der Waals surface area contributed by atoms with Crippen molar-refractivity contribution in [3.05, 3.63) is 33.8 Å². The molecule has 1 fully saturated rings. The summed E-state index contributed by atoms with van der Waals surface area (Å²) in [7, 11) is 0. The average molecular weight is 324 g/mol. The molecule has 0 spiro atoms. The van der Waals surface area contributed by atoms with Crippen LogP contribution in [0.2, 0.25) is 10.0 Å². The van der Waals surface area contributed by atoms with Gasteiger partial charge in [-0.1, -0.05) is 61.4 Å². The normalized spacial score (nSPS) is 18.3. The van der Waals surface area contributed by atoms with Gasteiger partial charge in [0.15, 0.2) is 5.78 Å². The number of Topliss-reactive ketones (excluding diaryl/α,β-unsaturated/α-hetero) is 1. The van der Waals surface area contributed by atoms with Gasteiger partial charge in [-0.05, 0) is 30.5 Å². The first-order valence-electron chi connectivity index (χ1n) is 7.51. The Morgan fingerprint density at radius 1 is 1.10 bits per heavy atom. The molecule has 1 unspecified atom stereocenters. The van der Waals surface area contributed by atoms with Crippen LogP contribution < -0.4 is 0 Å². The number of hydrogen-bond acceptors (Lipinski definition) is 2. The number of hydrogen-bond donors (Lipinski definition) is 0. The highest BCUT2D eigenvalue weighted by Crippen LogP contribution is 2.31. The predicted octanol–water partition coefficient (Wildman–Crippen LogP) is 5.53. The molecule has 0 aromatic heterocycles. The molecule has 0 heterocycles. The van der Waals surface area contributed by atoms with Crippen LogP contribution in [0.5, 0.6) is 0 Å². The van der Waals surface area contributed by atoms with E-state index in [9.17, 15) is 10.1 Å². The summed E-state index contributed by atoms with van der Waals surface area (Å²) in [5.74, 6) is -0.689. The smallest absolute Gasteiger partial charge is 0.157 e. The quantitative estimate of drug-likeness (QED) is 0.733. The molecule has 1 aromatic carbocycles. The third kappa shape index (κ3) is 4.22. The van der Waals surface area contributed by atoms with E-state index in [2.05, 4.69) is 6.07 Å². The predicted molar refractivity (Wildman–Crippen MR) is 85.6 cm³/mol. The van der Waals surface area contributed by atoms with E-state index in [1.807, 2.05) is 0 Å². The van der Waals surface area contributed by atoms with Crippen molar-refractivity contribution in [1.82, 2.24) is 0 Å². The van der Waals surface area contributed by atoms with Crippen LogP contribution in [-0.4, -0.2) is 5.78 Å². The molecule has 2 rings (SSSR count). The van der Waals surface area contributed by atoms with Crippen LogP contribution in [0.3, 0.4) is 0 Å². The van der Waals surface area contributed by atoms with Crippen LogP contribution in [0.15, 0.2) is 18.2 Å². The zero-order valence-electron chi connectivity index (χ0n) is 11.9. The fourth-order valence-corrected chi connectivity index (χ4v) is 3.28. The summed E-state index contributed by atoms with van der Waals surface area (Å²) < 4.78 is 0. The zero-order chi connectivity index (χ0) is 15.2. The first-order chi connectivity index (χ1) is 10.1. The number of nitrogens with zero attached hydrogens (tertiary/aromatic N) is 1. The van der Waals surface area contributed by atoms with Crippen LogP contribution in [0.4, 0.5) is 0 Å². The Labute approximate surface area is 136 Å². The van der Waals surface area contributed by atoms with Gasteiger partial charge in [0.05, 0.1) is 16.1 Å². The van der Waals surface area contributed by atoms with Gasteiger partial charge in [0.25, 0.3) is 0 Å². The fraction of sp³-hybridized carbons (Fsp3) is 0.529. The fourth-order valence-electron chi connectivity index (χ4n) is 2.97. The molecule has 2 nitrogen and oxygen atoms in total. The van der Waals surface area contributed by atoms with Crippen molar-refractivity contribution in [1.29, 1.82) is 5.26 Å². The lowest BCUT2D eigenvalue weighted by atomic mass is 9.81. The summed E-state index contributed by atoms with van der Waals surface area (Å²) in [6, 6.07) is 7.16. The molecule has 0 bridgehead atoms. The third-order valence-corrected chi connectivity index (χ3v) is 4.94. The molecule has 0 amide bonds. The molecule has 1 aliphatic carbocycles. The largest absolute Gasteiger partial charge is 0.298 e. The van der Waals surface area contributed by atoms with E-state index >= 15 is 0 Å². The van der Waals surface area contributed by atoms with E-state index in [-0.39, 0.29) is 11.7 Å². The van der Waals surface area contributed by atoms with Crippen LogP contribution >= 0.6 is 23.2 Å². The molecule has 1 atom stereocenters. The number of carbonyl (C=O) groups excluding carboxylic acids is 1. The third-order valence-electron chi connectivity index (χ3n) is 4.20. The monoisotopic (exact) mass is 323 g/mol. The first kappa shape index (κ1) is 16.3. The Kier molecular flexibility index (Phi) is 6.08. The molecule has 1 aromatic rings. The van der Waals surface area contributed by atoms with Gasteiger partial charge in [0, 0.05) is 5.92 Å². The minimum atomic E-state index is -0.732. The van der Waals surface area contributed by atoms with Crippen molar-refractivity contribution < 1.29 is 4.79 Å². The van der Waals surface area contributed by atoms with Crippen molar-refractivity contribution >= 4 is 29.0 Å². The highest BCUT2D eigenvalue weighted by molar-refractivity contribution is 6.42. The Balaban J connectivity index is 2.17. The summed E-state index contributed by atoms with van der Waals surface area (Å²) in [5.41, 5.74) is 0.652. The Hall–Kier alpha value is -1.04. The molecule has 0 aliphatic heterocycles. The molecule has 4 heteroatoms. The SMILES string of the molecule is N#CC(C(=O)C1CCCCCCC1)c1ccc(Cl)c(Cl)c1. The molecule has 0 radical (unpaired) electrons. The molecular weight excluding hydrogens is 305 g/mol. The highest BCUT2D eigenvalue weighted by atomic mass is 35.5. The van der Waals surface area contributed by atoms with E-state index in [0.717, 1.165) is 25.7 Å². The highest BCUT2D eigenvalue weighted by Gasteiger charge is 2.28.